The van der Waals surface area contributed by atoms with Crippen LogP contribution in [-0.4, -0.2) is 23.1 Å². The van der Waals surface area contributed by atoms with Gasteiger partial charge in [-0.2, -0.15) is 0 Å². The van der Waals surface area contributed by atoms with Gasteiger partial charge in [-0.1, -0.05) is 13.0 Å². The van der Waals surface area contributed by atoms with E-state index in [1.165, 1.54) is 24.0 Å². The first-order valence-electron chi connectivity index (χ1n) is 8.03. The summed E-state index contributed by atoms with van der Waals surface area (Å²) in [6.45, 7) is 8.74. The SMILES string of the molecule is Cc1ccc(Nc2cc(N3CCC(C)CC3)ncn2)cc1C. The van der Waals surface area contributed by atoms with Crippen LogP contribution in [-0.2, 0) is 0 Å². The molecule has 1 N–H and O–H groups in total. The number of aryl methyl sites for hydroxylation is 2. The zero-order chi connectivity index (χ0) is 15.5. The summed E-state index contributed by atoms with van der Waals surface area (Å²) < 4.78 is 0. The van der Waals surface area contributed by atoms with Gasteiger partial charge in [0.25, 0.3) is 0 Å². The van der Waals surface area contributed by atoms with E-state index in [-0.39, 0.29) is 0 Å². The van der Waals surface area contributed by atoms with Gasteiger partial charge in [-0.25, -0.2) is 9.97 Å². The zero-order valence-electron chi connectivity index (χ0n) is 13.6. The first-order valence-corrected chi connectivity index (χ1v) is 8.03. The number of hydrogen-bond donors (Lipinski definition) is 1. The number of nitrogens with one attached hydrogen (secondary N) is 1. The summed E-state index contributed by atoms with van der Waals surface area (Å²) in [5, 5.41) is 3.38. The normalized spacial score (nSPS) is 15.9. The third-order valence-electron chi connectivity index (χ3n) is 4.54. The number of aromatic nitrogens is 2. The lowest BCUT2D eigenvalue weighted by Gasteiger charge is -2.31. The van der Waals surface area contributed by atoms with Gasteiger partial charge in [-0.05, 0) is 55.9 Å². The highest BCUT2D eigenvalue weighted by Gasteiger charge is 2.17. The second-order valence-corrected chi connectivity index (χ2v) is 6.36. The molecule has 116 valence electrons. The maximum absolute atomic E-state index is 4.44. The Morgan fingerprint density at radius 1 is 1.05 bits per heavy atom. The molecule has 1 fully saturated rings. The average Bonchev–Trinajstić information content (AvgIpc) is 2.52. The van der Waals surface area contributed by atoms with Crippen LogP contribution < -0.4 is 10.2 Å². The van der Waals surface area contributed by atoms with E-state index in [9.17, 15) is 0 Å². The highest BCUT2D eigenvalue weighted by atomic mass is 15.2. The highest BCUT2D eigenvalue weighted by Crippen LogP contribution is 2.24. The molecule has 3 rings (SSSR count). The Balaban J connectivity index is 1.74. The molecule has 0 atom stereocenters. The van der Waals surface area contributed by atoms with Crippen molar-refractivity contribution in [3.63, 3.8) is 0 Å². The number of nitrogens with zero attached hydrogens (tertiary/aromatic N) is 3. The largest absolute Gasteiger partial charge is 0.356 e. The molecule has 2 heterocycles. The van der Waals surface area contributed by atoms with Crippen molar-refractivity contribution < 1.29 is 0 Å². The average molecular weight is 296 g/mol. The Kier molecular flexibility index (Phi) is 4.27. The van der Waals surface area contributed by atoms with E-state index >= 15 is 0 Å². The Bertz CT molecular complexity index is 645. The van der Waals surface area contributed by atoms with Crippen LogP contribution in [0.3, 0.4) is 0 Å². The number of benzene rings is 1. The Morgan fingerprint density at radius 2 is 1.82 bits per heavy atom. The Labute approximate surface area is 132 Å². The predicted octanol–water partition coefficient (Wildman–Crippen LogP) is 4.07. The van der Waals surface area contributed by atoms with Crippen LogP contribution in [0.15, 0.2) is 30.6 Å². The van der Waals surface area contributed by atoms with E-state index in [0.717, 1.165) is 36.3 Å². The van der Waals surface area contributed by atoms with Crippen LogP contribution >= 0.6 is 0 Å². The molecule has 0 bridgehead atoms. The maximum atomic E-state index is 4.44. The van der Waals surface area contributed by atoms with Gasteiger partial charge < -0.3 is 10.2 Å². The molecule has 0 aliphatic carbocycles. The lowest BCUT2D eigenvalue weighted by Crippen LogP contribution is -2.33. The van der Waals surface area contributed by atoms with Crippen molar-refractivity contribution in [3.05, 3.63) is 41.7 Å². The van der Waals surface area contributed by atoms with Gasteiger partial charge in [0.15, 0.2) is 0 Å². The van der Waals surface area contributed by atoms with E-state index in [2.05, 4.69) is 59.2 Å². The Hall–Kier alpha value is -2.10. The molecule has 1 aliphatic heterocycles. The van der Waals surface area contributed by atoms with E-state index in [1.54, 1.807) is 6.33 Å². The molecule has 0 radical (unpaired) electrons. The van der Waals surface area contributed by atoms with Gasteiger partial charge in [0.2, 0.25) is 0 Å². The summed E-state index contributed by atoms with van der Waals surface area (Å²) in [6, 6.07) is 8.42. The van der Waals surface area contributed by atoms with E-state index < -0.39 is 0 Å². The fourth-order valence-corrected chi connectivity index (χ4v) is 2.79. The quantitative estimate of drug-likeness (QED) is 0.927. The third-order valence-corrected chi connectivity index (χ3v) is 4.54. The molecule has 1 saturated heterocycles. The van der Waals surface area contributed by atoms with E-state index in [4.69, 9.17) is 0 Å². The lowest BCUT2D eigenvalue weighted by atomic mass is 9.99. The second kappa shape index (κ2) is 6.34. The van der Waals surface area contributed by atoms with Gasteiger partial charge in [-0.15, -0.1) is 0 Å². The van der Waals surface area contributed by atoms with Gasteiger partial charge in [-0.3, -0.25) is 0 Å². The number of piperidine rings is 1. The van der Waals surface area contributed by atoms with Crippen molar-refractivity contribution in [2.45, 2.75) is 33.6 Å². The topological polar surface area (TPSA) is 41.0 Å². The van der Waals surface area contributed by atoms with Gasteiger partial charge in [0.1, 0.15) is 18.0 Å². The zero-order valence-corrected chi connectivity index (χ0v) is 13.6. The highest BCUT2D eigenvalue weighted by molar-refractivity contribution is 5.60. The minimum atomic E-state index is 0.825. The van der Waals surface area contributed by atoms with Crippen molar-refractivity contribution in [3.8, 4) is 0 Å². The second-order valence-electron chi connectivity index (χ2n) is 6.36. The van der Waals surface area contributed by atoms with Gasteiger partial charge >= 0.3 is 0 Å². The fraction of sp³-hybridized carbons (Fsp3) is 0.444. The standard InChI is InChI=1S/C18H24N4/c1-13-6-8-22(9-7-13)18-11-17(19-12-20-18)21-16-5-4-14(2)15(3)10-16/h4-5,10-13H,6-9H2,1-3H3,(H,19,20,21). The maximum Gasteiger partial charge on any atom is 0.135 e. The Morgan fingerprint density at radius 3 is 2.55 bits per heavy atom. The van der Waals surface area contributed by atoms with Crippen LogP contribution in [0, 0.1) is 19.8 Å². The van der Waals surface area contributed by atoms with Gasteiger partial charge in [0.05, 0.1) is 0 Å². The number of rotatable bonds is 3. The minimum absolute atomic E-state index is 0.825. The summed E-state index contributed by atoms with van der Waals surface area (Å²) >= 11 is 0. The van der Waals surface area contributed by atoms with Gasteiger partial charge in [0, 0.05) is 24.8 Å². The monoisotopic (exact) mass is 296 g/mol. The summed E-state index contributed by atoms with van der Waals surface area (Å²) in [5.41, 5.74) is 3.65. The molecule has 4 heteroatoms. The summed E-state index contributed by atoms with van der Waals surface area (Å²) in [4.78, 5) is 11.1. The van der Waals surface area contributed by atoms with Crippen molar-refractivity contribution in [1.82, 2.24) is 9.97 Å². The van der Waals surface area contributed by atoms with E-state index in [0.29, 0.717) is 0 Å². The molecular formula is C18H24N4. The summed E-state index contributed by atoms with van der Waals surface area (Å²) in [5.74, 6) is 2.70. The minimum Gasteiger partial charge on any atom is -0.356 e. The predicted molar refractivity (Wildman–Crippen MR) is 91.8 cm³/mol. The molecule has 0 amide bonds. The van der Waals surface area contributed by atoms with Crippen molar-refractivity contribution >= 4 is 17.3 Å². The van der Waals surface area contributed by atoms with Crippen molar-refractivity contribution in [2.75, 3.05) is 23.3 Å². The molecule has 1 aromatic carbocycles. The lowest BCUT2D eigenvalue weighted by molar-refractivity contribution is 0.436. The molecule has 0 unspecified atom stereocenters. The molecule has 0 spiro atoms. The third kappa shape index (κ3) is 3.38. The molecular weight excluding hydrogens is 272 g/mol. The van der Waals surface area contributed by atoms with E-state index in [1.807, 2.05) is 6.07 Å². The number of hydrogen-bond acceptors (Lipinski definition) is 4. The van der Waals surface area contributed by atoms with Crippen LogP contribution in [0.1, 0.15) is 30.9 Å². The van der Waals surface area contributed by atoms with Crippen molar-refractivity contribution in [2.24, 2.45) is 5.92 Å². The smallest absolute Gasteiger partial charge is 0.135 e. The number of anilines is 3. The van der Waals surface area contributed by atoms with Crippen molar-refractivity contribution in [1.29, 1.82) is 0 Å². The van der Waals surface area contributed by atoms with Crippen LogP contribution in [0.5, 0.6) is 0 Å². The molecule has 1 aromatic heterocycles. The van der Waals surface area contributed by atoms with Crippen LogP contribution in [0.25, 0.3) is 0 Å². The molecule has 0 saturated carbocycles. The first-order chi connectivity index (χ1) is 10.6. The fourth-order valence-electron chi connectivity index (χ4n) is 2.79. The summed E-state index contributed by atoms with van der Waals surface area (Å²) in [7, 11) is 0. The summed E-state index contributed by atoms with van der Waals surface area (Å²) in [6.07, 6.45) is 4.13. The van der Waals surface area contributed by atoms with Crippen LogP contribution in [0.2, 0.25) is 0 Å². The first kappa shape index (κ1) is 14.8. The van der Waals surface area contributed by atoms with Crippen LogP contribution in [0.4, 0.5) is 17.3 Å². The molecule has 22 heavy (non-hydrogen) atoms. The molecule has 2 aromatic rings. The molecule has 1 aliphatic rings. The molecule has 4 nitrogen and oxygen atoms in total.